The Labute approximate surface area is 226 Å². The van der Waals surface area contributed by atoms with Crippen molar-refractivity contribution in [2.75, 3.05) is 37.0 Å². The maximum Gasteiger partial charge on any atom is 0.249 e. The first-order valence-electron chi connectivity index (χ1n) is 12.9. The van der Waals surface area contributed by atoms with Gasteiger partial charge in [0.2, 0.25) is 11.8 Å². The minimum absolute atomic E-state index is 0.000809. The van der Waals surface area contributed by atoms with Gasteiger partial charge in [0.15, 0.2) is 0 Å². The zero-order valence-electron chi connectivity index (χ0n) is 22.0. The number of ether oxygens (including phenoxy) is 1. The van der Waals surface area contributed by atoms with Gasteiger partial charge in [0.05, 0.1) is 17.3 Å². The van der Waals surface area contributed by atoms with Crippen LogP contribution in [0.15, 0.2) is 72.8 Å². The lowest BCUT2D eigenvalue weighted by atomic mass is 10.0. The highest BCUT2D eigenvalue weighted by Gasteiger charge is 2.35. The van der Waals surface area contributed by atoms with E-state index in [1.165, 1.54) is 21.7 Å². The number of nitrogens with zero attached hydrogens (tertiary/aromatic N) is 5. The molecular weight excluding hydrogens is 499 g/mol. The number of halogens is 1. The molecule has 10 heteroatoms. The quantitative estimate of drug-likeness (QED) is 0.355. The van der Waals surface area contributed by atoms with Crippen molar-refractivity contribution < 1.29 is 18.7 Å². The molecule has 202 valence electrons. The third kappa shape index (κ3) is 5.75. The van der Waals surface area contributed by atoms with E-state index in [1.807, 2.05) is 49.3 Å². The molecule has 1 fully saturated rings. The standard InChI is InChI=1S/C29H31FN6O3/c1-34(2)21-15-13-20(14-16-21)28(29(38)31-18-22-8-7-17-39-22)36(25-11-5-3-9-23(25)30)27(37)19-35-26-12-6-4-10-24(26)32-33-35/h3-6,9-16,22,28H,7-8,17-19H2,1-2H3,(H,31,38)/t22-,28-/m0/s1. The highest BCUT2D eigenvalue weighted by Crippen LogP contribution is 2.31. The molecule has 4 aromatic rings. The molecule has 0 aliphatic carbocycles. The van der Waals surface area contributed by atoms with Crippen LogP contribution in [-0.4, -0.2) is 60.2 Å². The third-order valence-electron chi connectivity index (χ3n) is 6.85. The van der Waals surface area contributed by atoms with E-state index in [2.05, 4.69) is 15.6 Å². The second kappa shape index (κ2) is 11.6. The van der Waals surface area contributed by atoms with E-state index in [0.717, 1.165) is 18.5 Å². The number of rotatable bonds is 9. The molecule has 2 amide bonds. The fourth-order valence-corrected chi connectivity index (χ4v) is 4.79. The minimum Gasteiger partial charge on any atom is -0.378 e. The van der Waals surface area contributed by atoms with Crippen molar-refractivity contribution in [2.24, 2.45) is 0 Å². The summed E-state index contributed by atoms with van der Waals surface area (Å²) in [6.45, 7) is 0.722. The van der Waals surface area contributed by atoms with Crippen LogP contribution in [0, 0.1) is 5.82 Å². The predicted octanol–water partition coefficient (Wildman–Crippen LogP) is 3.71. The predicted molar refractivity (Wildman–Crippen MR) is 147 cm³/mol. The van der Waals surface area contributed by atoms with Gasteiger partial charge in [0.25, 0.3) is 0 Å². The lowest BCUT2D eigenvalue weighted by molar-refractivity contribution is -0.127. The van der Waals surface area contributed by atoms with E-state index in [1.54, 1.807) is 30.3 Å². The van der Waals surface area contributed by atoms with Crippen LogP contribution < -0.4 is 15.1 Å². The molecule has 1 aliphatic heterocycles. The van der Waals surface area contributed by atoms with Crippen LogP contribution in [0.4, 0.5) is 15.8 Å². The molecule has 1 aliphatic rings. The molecule has 2 heterocycles. The Morgan fingerprint density at radius 1 is 1.08 bits per heavy atom. The second-order valence-electron chi connectivity index (χ2n) is 9.72. The van der Waals surface area contributed by atoms with Crippen molar-refractivity contribution in [3.05, 3.63) is 84.2 Å². The molecule has 1 saturated heterocycles. The lowest BCUT2D eigenvalue weighted by Crippen LogP contribution is -2.47. The Morgan fingerprint density at radius 3 is 2.54 bits per heavy atom. The highest BCUT2D eigenvalue weighted by molar-refractivity contribution is 6.01. The Morgan fingerprint density at radius 2 is 1.82 bits per heavy atom. The summed E-state index contributed by atoms with van der Waals surface area (Å²) in [6.07, 6.45) is 1.68. The Kier molecular flexibility index (Phi) is 7.83. The van der Waals surface area contributed by atoms with Crippen LogP contribution in [0.25, 0.3) is 11.0 Å². The van der Waals surface area contributed by atoms with Crippen molar-refractivity contribution in [1.29, 1.82) is 0 Å². The molecule has 1 aromatic heterocycles. The molecule has 0 unspecified atom stereocenters. The van der Waals surface area contributed by atoms with E-state index in [-0.39, 0.29) is 18.3 Å². The Hall–Kier alpha value is -4.31. The first-order chi connectivity index (χ1) is 18.9. The summed E-state index contributed by atoms with van der Waals surface area (Å²) >= 11 is 0. The molecule has 39 heavy (non-hydrogen) atoms. The Balaban J connectivity index is 1.55. The van der Waals surface area contributed by atoms with Gasteiger partial charge < -0.3 is 15.0 Å². The van der Waals surface area contributed by atoms with E-state index in [0.29, 0.717) is 29.7 Å². The molecule has 3 aromatic carbocycles. The van der Waals surface area contributed by atoms with E-state index in [9.17, 15) is 9.59 Å². The zero-order valence-corrected chi connectivity index (χ0v) is 22.0. The number of fused-ring (bicyclic) bond motifs is 1. The topological polar surface area (TPSA) is 92.6 Å². The molecular formula is C29H31FN6O3. The maximum absolute atomic E-state index is 15.3. The second-order valence-corrected chi connectivity index (χ2v) is 9.72. The van der Waals surface area contributed by atoms with Gasteiger partial charge in [-0.25, -0.2) is 9.07 Å². The van der Waals surface area contributed by atoms with Crippen LogP contribution in [0.3, 0.4) is 0 Å². The van der Waals surface area contributed by atoms with Gasteiger partial charge in [0, 0.05) is 32.9 Å². The van der Waals surface area contributed by atoms with Crippen molar-refractivity contribution in [2.45, 2.75) is 31.5 Å². The van der Waals surface area contributed by atoms with Crippen LogP contribution in [0.2, 0.25) is 0 Å². The van der Waals surface area contributed by atoms with Crippen molar-refractivity contribution in [3.8, 4) is 0 Å². The molecule has 1 N–H and O–H groups in total. The largest absolute Gasteiger partial charge is 0.378 e. The fraction of sp³-hybridized carbons (Fsp3) is 0.310. The number of hydrogen-bond acceptors (Lipinski definition) is 6. The first-order valence-corrected chi connectivity index (χ1v) is 12.9. The molecule has 0 saturated carbocycles. The number of para-hydroxylation sites is 2. The Bertz CT molecular complexity index is 1450. The van der Waals surface area contributed by atoms with E-state index in [4.69, 9.17) is 4.74 Å². The molecule has 2 atom stereocenters. The number of carbonyl (C=O) groups excluding carboxylic acids is 2. The van der Waals surface area contributed by atoms with E-state index >= 15 is 4.39 Å². The smallest absolute Gasteiger partial charge is 0.249 e. The SMILES string of the molecule is CN(C)c1ccc([C@@H](C(=O)NC[C@@H]2CCCO2)N(C(=O)Cn2nnc3ccccc32)c2ccccc2F)cc1. The number of amides is 2. The number of carbonyl (C=O) groups is 2. The van der Waals surface area contributed by atoms with Crippen LogP contribution in [-0.2, 0) is 20.9 Å². The van der Waals surface area contributed by atoms with Gasteiger partial charge in [0.1, 0.15) is 23.9 Å². The van der Waals surface area contributed by atoms with Gasteiger partial charge in [-0.2, -0.15) is 0 Å². The third-order valence-corrected chi connectivity index (χ3v) is 6.85. The van der Waals surface area contributed by atoms with Gasteiger partial charge in [-0.05, 0) is 54.8 Å². The summed E-state index contributed by atoms with van der Waals surface area (Å²) in [5, 5.41) is 11.2. The van der Waals surface area contributed by atoms with Crippen molar-refractivity contribution >= 4 is 34.2 Å². The van der Waals surface area contributed by atoms with Crippen molar-refractivity contribution in [1.82, 2.24) is 20.3 Å². The molecule has 5 rings (SSSR count). The average Bonchev–Trinajstić information content (AvgIpc) is 3.61. The van der Waals surface area contributed by atoms with E-state index < -0.39 is 23.7 Å². The normalized spacial score (nSPS) is 15.7. The van der Waals surface area contributed by atoms with Gasteiger partial charge in [-0.1, -0.05) is 41.6 Å². The summed E-state index contributed by atoms with van der Waals surface area (Å²) in [4.78, 5) is 31.0. The van der Waals surface area contributed by atoms with Crippen LogP contribution in [0.1, 0.15) is 24.4 Å². The number of benzene rings is 3. The van der Waals surface area contributed by atoms with Gasteiger partial charge in [-0.3, -0.25) is 14.5 Å². The monoisotopic (exact) mass is 530 g/mol. The summed E-state index contributed by atoms with van der Waals surface area (Å²) in [7, 11) is 3.83. The summed E-state index contributed by atoms with van der Waals surface area (Å²) in [5.41, 5.74) is 2.77. The van der Waals surface area contributed by atoms with Gasteiger partial charge in [-0.15, -0.1) is 5.10 Å². The lowest BCUT2D eigenvalue weighted by Gasteiger charge is -2.32. The number of anilines is 2. The zero-order chi connectivity index (χ0) is 27.4. The molecule has 0 radical (unpaired) electrons. The first kappa shape index (κ1) is 26.3. The van der Waals surface area contributed by atoms with Crippen LogP contribution >= 0.6 is 0 Å². The number of nitrogens with one attached hydrogen (secondary N) is 1. The number of aromatic nitrogens is 3. The minimum atomic E-state index is -1.14. The average molecular weight is 531 g/mol. The molecule has 9 nitrogen and oxygen atoms in total. The fourth-order valence-electron chi connectivity index (χ4n) is 4.79. The summed E-state index contributed by atoms with van der Waals surface area (Å²) in [6, 6.07) is 19.4. The summed E-state index contributed by atoms with van der Waals surface area (Å²) < 4.78 is 22.4. The molecule has 0 bridgehead atoms. The summed E-state index contributed by atoms with van der Waals surface area (Å²) in [5.74, 6) is -1.55. The maximum atomic E-state index is 15.3. The highest BCUT2D eigenvalue weighted by atomic mass is 19.1. The molecule has 0 spiro atoms. The van der Waals surface area contributed by atoms with Crippen molar-refractivity contribution in [3.63, 3.8) is 0 Å². The van der Waals surface area contributed by atoms with Crippen LogP contribution in [0.5, 0.6) is 0 Å². The van der Waals surface area contributed by atoms with Gasteiger partial charge >= 0.3 is 0 Å². The number of hydrogen-bond donors (Lipinski definition) is 1.